The van der Waals surface area contributed by atoms with Crippen molar-refractivity contribution < 1.29 is 4.74 Å². The zero-order valence-corrected chi connectivity index (χ0v) is 11.3. The molecule has 0 fully saturated rings. The second-order valence-electron chi connectivity index (χ2n) is 3.32. The van der Waals surface area contributed by atoms with E-state index in [1.54, 1.807) is 7.11 Å². The number of rotatable bonds is 5. The normalized spacial score (nSPS) is 10.4. The Bertz CT molecular complexity index is 319. The Labute approximate surface area is 104 Å². The van der Waals surface area contributed by atoms with Gasteiger partial charge in [0, 0.05) is 36.7 Å². The molecule has 4 heteroatoms. The lowest BCUT2D eigenvalue weighted by molar-refractivity contribution is 0.206. The lowest BCUT2D eigenvalue weighted by Gasteiger charge is -2.19. The molecule has 15 heavy (non-hydrogen) atoms. The highest BCUT2D eigenvalue weighted by atomic mass is 79.9. The minimum Gasteiger partial charge on any atom is -0.383 e. The summed E-state index contributed by atoms with van der Waals surface area (Å²) in [6.45, 7) is 1.58. The van der Waals surface area contributed by atoms with Gasteiger partial charge in [0.25, 0.3) is 0 Å². The summed E-state index contributed by atoms with van der Waals surface area (Å²) < 4.78 is 5.03. The first-order valence-corrected chi connectivity index (χ1v) is 6.23. The van der Waals surface area contributed by atoms with E-state index in [0.29, 0.717) is 6.61 Å². The molecule has 0 radical (unpaired) electrons. The minimum atomic E-state index is 0.717. The molecule has 0 heterocycles. The molecule has 0 aliphatic rings. The molecule has 0 bridgehead atoms. The largest absolute Gasteiger partial charge is 0.383 e. The zero-order valence-electron chi connectivity index (χ0n) is 8.96. The van der Waals surface area contributed by atoms with Crippen LogP contribution < -0.4 is 4.90 Å². The Balaban J connectivity index is 2.73. The van der Waals surface area contributed by atoms with Crippen molar-refractivity contribution in [2.45, 2.75) is 5.33 Å². The summed E-state index contributed by atoms with van der Waals surface area (Å²) >= 11 is 9.51. The van der Waals surface area contributed by atoms with E-state index >= 15 is 0 Å². The number of alkyl halides is 1. The monoisotopic (exact) mass is 291 g/mol. The van der Waals surface area contributed by atoms with E-state index in [-0.39, 0.29) is 0 Å². The van der Waals surface area contributed by atoms with Crippen LogP contribution in [0.15, 0.2) is 18.2 Å². The quantitative estimate of drug-likeness (QED) is 0.772. The molecule has 0 unspecified atom stereocenters. The molecule has 1 aromatic rings. The van der Waals surface area contributed by atoms with Gasteiger partial charge in [-0.1, -0.05) is 33.6 Å². The van der Waals surface area contributed by atoms with Crippen molar-refractivity contribution in [3.8, 4) is 0 Å². The number of benzene rings is 1. The number of ether oxygens (including phenoxy) is 1. The summed E-state index contributed by atoms with van der Waals surface area (Å²) in [7, 11) is 3.73. The van der Waals surface area contributed by atoms with Gasteiger partial charge in [0.2, 0.25) is 0 Å². The average molecular weight is 293 g/mol. The summed E-state index contributed by atoms with van der Waals surface area (Å²) in [5, 5.41) is 1.59. The standard InChI is InChI=1S/C11H15BrClNO/c1-14(5-6-15-2)10-4-3-9(8-12)11(13)7-10/h3-4,7H,5-6,8H2,1-2H3. The number of methoxy groups -OCH3 is 1. The molecule has 2 nitrogen and oxygen atoms in total. The Hall–Kier alpha value is -0.250. The molecule has 0 atom stereocenters. The third-order valence-electron chi connectivity index (χ3n) is 2.25. The number of hydrogen-bond donors (Lipinski definition) is 0. The van der Waals surface area contributed by atoms with Gasteiger partial charge in [-0.2, -0.15) is 0 Å². The van der Waals surface area contributed by atoms with Gasteiger partial charge >= 0.3 is 0 Å². The van der Waals surface area contributed by atoms with E-state index in [9.17, 15) is 0 Å². The van der Waals surface area contributed by atoms with Crippen LogP contribution in [0.3, 0.4) is 0 Å². The van der Waals surface area contributed by atoms with Gasteiger partial charge in [0.1, 0.15) is 0 Å². The Kier molecular flexibility index (Phi) is 5.43. The van der Waals surface area contributed by atoms with Gasteiger partial charge in [0.15, 0.2) is 0 Å². The highest BCUT2D eigenvalue weighted by Gasteiger charge is 2.04. The van der Waals surface area contributed by atoms with Crippen LogP contribution in [0.4, 0.5) is 5.69 Å². The summed E-state index contributed by atoms with van der Waals surface area (Å²) in [4.78, 5) is 2.12. The molecule has 0 N–H and O–H groups in total. The fourth-order valence-electron chi connectivity index (χ4n) is 1.24. The van der Waals surface area contributed by atoms with E-state index in [4.69, 9.17) is 16.3 Å². The molecule has 0 amide bonds. The SMILES string of the molecule is COCCN(C)c1ccc(CBr)c(Cl)c1. The predicted molar refractivity (Wildman–Crippen MR) is 69.2 cm³/mol. The van der Waals surface area contributed by atoms with Crippen LogP contribution in [-0.4, -0.2) is 27.3 Å². The van der Waals surface area contributed by atoms with Crippen molar-refractivity contribution >= 4 is 33.2 Å². The van der Waals surface area contributed by atoms with Crippen molar-refractivity contribution in [3.63, 3.8) is 0 Å². The van der Waals surface area contributed by atoms with Gasteiger partial charge in [-0.05, 0) is 17.7 Å². The molecule has 1 rings (SSSR count). The third-order valence-corrected chi connectivity index (χ3v) is 3.21. The number of halogens is 2. The van der Waals surface area contributed by atoms with Crippen molar-refractivity contribution in [3.05, 3.63) is 28.8 Å². The molecule has 0 aromatic heterocycles. The molecular formula is C11H15BrClNO. The first kappa shape index (κ1) is 12.8. The molecule has 0 saturated heterocycles. The number of likely N-dealkylation sites (N-methyl/N-ethyl adjacent to an activating group) is 1. The van der Waals surface area contributed by atoms with Gasteiger partial charge in [0.05, 0.1) is 6.61 Å². The van der Waals surface area contributed by atoms with Crippen LogP contribution >= 0.6 is 27.5 Å². The predicted octanol–water partition coefficient (Wildman–Crippen LogP) is 3.32. The smallest absolute Gasteiger partial charge is 0.0637 e. The van der Waals surface area contributed by atoms with Gasteiger partial charge in [-0.25, -0.2) is 0 Å². The number of nitrogens with zero attached hydrogens (tertiary/aromatic N) is 1. The average Bonchev–Trinajstić information content (AvgIpc) is 2.25. The number of hydrogen-bond acceptors (Lipinski definition) is 2. The highest BCUT2D eigenvalue weighted by molar-refractivity contribution is 9.08. The van der Waals surface area contributed by atoms with E-state index in [1.165, 1.54) is 0 Å². The van der Waals surface area contributed by atoms with Crippen LogP contribution in [0.2, 0.25) is 5.02 Å². The first-order valence-electron chi connectivity index (χ1n) is 4.73. The van der Waals surface area contributed by atoms with Crippen LogP contribution in [0, 0.1) is 0 Å². The lowest BCUT2D eigenvalue weighted by atomic mass is 10.2. The second kappa shape index (κ2) is 6.36. The summed E-state index contributed by atoms with van der Waals surface area (Å²) in [6, 6.07) is 6.08. The summed E-state index contributed by atoms with van der Waals surface area (Å²) in [5.41, 5.74) is 2.22. The zero-order chi connectivity index (χ0) is 11.3. The van der Waals surface area contributed by atoms with Gasteiger partial charge in [-0.15, -0.1) is 0 Å². The maximum atomic E-state index is 6.12. The molecular weight excluding hydrogens is 277 g/mol. The van der Waals surface area contributed by atoms with Crippen LogP contribution in [0.1, 0.15) is 5.56 Å². The fourth-order valence-corrected chi connectivity index (χ4v) is 2.13. The number of anilines is 1. The van der Waals surface area contributed by atoms with E-state index in [2.05, 4.69) is 26.9 Å². The molecule has 0 spiro atoms. The second-order valence-corrected chi connectivity index (χ2v) is 4.29. The van der Waals surface area contributed by atoms with E-state index in [0.717, 1.165) is 28.1 Å². The van der Waals surface area contributed by atoms with Gasteiger partial charge < -0.3 is 9.64 Å². The maximum absolute atomic E-state index is 6.12. The van der Waals surface area contributed by atoms with E-state index < -0.39 is 0 Å². The van der Waals surface area contributed by atoms with Crippen LogP contribution in [0.25, 0.3) is 0 Å². The molecule has 0 aliphatic heterocycles. The maximum Gasteiger partial charge on any atom is 0.0637 e. The molecule has 0 aliphatic carbocycles. The van der Waals surface area contributed by atoms with Crippen LogP contribution in [-0.2, 0) is 10.1 Å². The Morgan fingerprint density at radius 1 is 1.47 bits per heavy atom. The Morgan fingerprint density at radius 3 is 2.73 bits per heavy atom. The van der Waals surface area contributed by atoms with Gasteiger partial charge in [-0.3, -0.25) is 0 Å². The van der Waals surface area contributed by atoms with Crippen LogP contribution in [0.5, 0.6) is 0 Å². The first-order chi connectivity index (χ1) is 7.19. The van der Waals surface area contributed by atoms with E-state index in [1.807, 2.05) is 19.2 Å². The van der Waals surface area contributed by atoms with Crippen molar-refractivity contribution in [2.75, 3.05) is 32.2 Å². The summed E-state index contributed by atoms with van der Waals surface area (Å²) in [5.74, 6) is 0. The topological polar surface area (TPSA) is 12.5 Å². The fraction of sp³-hybridized carbons (Fsp3) is 0.455. The minimum absolute atomic E-state index is 0.717. The highest BCUT2D eigenvalue weighted by Crippen LogP contribution is 2.24. The van der Waals surface area contributed by atoms with Crippen molar-refractivity contribution in [2.24, 2.45) is 0 Å². The molecule has 84 valence electrons. The summed E-state index contributed by atoms with van der Waals surface area (Å²) in [6.07, 6.45) is 0. The molecule has 1 aromatic carbocycles. The van der Waals surface area contributed by atoms with Crippen molar-refractivity contribution in [1.29, 1.82) is 0 Å². The lowest BCUT2D eigenvalue weighted by Crippen LogP contribution is -2.21. The van der Waals surface area contributed by atoms with Crippen molar-refractivity contribution in [1.82, 2.24) is 0 Å². The Morgan fingerprint density at radius 2 is 2.20 bits per heavy atom. The molecule has 0 saturated carbocycles. The third kappa shape index (κ3) is 3.67.